The van der Waals surface area contributed by atoms with Gasteiger partial charge in [-0.2, -0.15) is 0 Å². The lowest BCUT2D eigenvalue weighted by atomic mass is 9.94. The summed E-state index contributed by atoms with van der Waals surface area (Å²) in [7, 11) is 3.71. The average Bonchev–Trinajstić information content (AvgIpc) is 2.76. The summed E-state index contributed by atoms with van der Waals surface area (Å²) in [5, 5.41) is 0.567. The third-order valence-corrected chi connectivity index (χ3v) is 4.14. The highest BCUT2D eigenvalue weighted by Gasteiger charge is 2.29. The molecule has 1 aliphatic rings. The molecule has 108 valence electrons. The molecule has 0 unspecified atom stereocenters. The molecule has 1 aliphatic carbocycles. The van der Waals surface area contributed by atoms with Crippen molar-refractivity contribution in [3.05, 3.63) is 16.0 Å². The van der Waals surface area contributed by atoms with E-state index in [9.17, 15) is 9.59 Å². The number of esters is 1. The van der Waals surface area contributed by atoms with Gasteiger partial charge in [0.15, 0.2) is 5.78 Å². The average molecular weight is 294 g/mol. The molecule has 0 bridgehead atoms. The van der Waals surface area contributed by atoms with E-state index in [2.05, 4.69) is 4.99 Å². The lowest BCUT2D eigenvalue weighted by Gasteiger charge is -2.11. The molecule has 0 radical (unpaired) electrons. The molecule has 0 N–H and O–H groups in total. The molecular formula is C14H18N2O3S. The minimum absolute atomic E-state index is 0.105. The van der Waals surface area contributed by atoms with Gasteiger partial charge in [0, 0.05) is 20.5 Å². The lowest BCUT2D eigenvalue weighted by Crippen LogP contribution is -2.13. The van der Waals surface area contributed by atoms with Gasteiger partial charge in [0.05, 0.1) is 17.8 Å². The Bertz CT molecular complexity index is 561. The maximum absolute atomic E-state index is 12.1. The van der Waals surface area contributed by atoms with Crippen LogP contribution < -0.4 is 0 Å². The van der Waals surface area contributed by atoms with Gasteiger partial charge in [0.2, 0.25) is 0 Å². The molecule has 0 aliphatic heterocycles. The minimum atomic E-state index is -0.384. The second kappa shape index (κ2) is 6.17. The van der Waals surface area contributed by atoms with Crippen molar-refractivity contribution in [1.82, 2.24) is 4.90 Å². The van der Waals surface area contributed by atoms with E-state index < -0.39 is 0 Å². The smallest absolute Gasteiger partial charge is 0.341 e. The zero-order chi connectivity index (χ0) is 14.7. The molecule has 6 heteroatoms. The molecule has 0 fully saturated rings. The highest BCUT2D eigenvalue weighted by molar-refractivity contribution is 7.18. The van der Waals surface area contributed by atoms with Gasteiger partial charge in [0.25, 0.3) is 0 Å². The predicted molar refractivity (Wildman–Crippen MR) is 79.4 cm³/mol. The van der Waals surface area contributed by atoms with Gasteiger partial charge in [-0.05, 0) is 25.3 Å². The molecule has 0 atom stereocenters. The molecule has 1 aromatic rings. The van der Waals surface area contributed by atoms with Gasteiger partial charge in [-0.1, -0.05) is 0 Å². The number of nitrogens with zero attached hydrogens (tertiary/aromatic N) is 2. The first-order valence-corrected chi connectivity index (χ1v) is 7.42. The maximum atomic E-state index is 12.1. The minimum Gasteiger partial charge on any atom is -0.462 e. The van der Waals surface area contributed by atoms with E-state index in [-0.39, 0.29) is 11.8 Å². The zero-order valence-electron chi connectivity index (χ0n) is 11.9. The molecule has 0 saturated heterocycles. The van der Waals surface area contributed by atoms with Crippen LogP contribution in [0.15, 0.2) is 4.99 Å². The summed E-state index contributed by atoms with van der Waals surface area (Å²) in [5.41, 5.74) is 1.29. The largest absolute Gasteiger partial charge is 0.462 e. The van der Waals surface area contributed by atoms with Crippen LogP contribution in [-0.4, -0.2) is 43.7 Å². The van der Waals surface area contributed by atoms with Gasteiger partial charge in [-0.15, -0.1) is 11.3 Å². The predicted octanol–water partition coefficient (Wildman–Crippen LogP) is 2.67. The summed E-state index contributed by atoms with van der Waals surface area (Å²) < 4.78 is 5.10. The van der Waals surface area contributed by atoms with Gasteiger partial charge in [0.1, 0.15) is 10.6 Å². The van der Waals surface area contributed by atoms with Crippen LogP contribution in [0.5, 0.6) is 0 Å². The van der Waals surface area contributed by atoms with E-state index in [1.807, 2.05) is 14.1 Å². The van der Waals surface area contributed by atoms with Crippen molar-refractivity contribution in [2.45, 2.75) is 26.2 Å². The Balaban J connectivity index is 2.49. The zero-order valence-corrected chi connectivity index (χ0v) is 12.7. The molecule has 0 spiro atoms. The Morgan fingerprint density at radius 1 is 1.45 bits per heavy atom. The number of carbonyl (C=O) groups excluding carboxylic acids is 2. The first-order valence-electron chi connectivity index (χ1n) is 6.61. The topological polar surface area (TPSA) is 59.0 Å². The van der Waals surface area contributed by atoms with Crippen molar-refractivity contribution in [3.63, 3.8) is 0 Å². The third-order valence-electron chi connectivity index (χ3n) is 2.96. The Morgan fingerprint density at radius 3 is 2.85 bits per heavy atom. The van der Waals surface area contributed by atoms with Crippen LogP contribution in [0.1, 0.15) is 45.4 Å². The quantitative estimate of drug-likeness (QED) is 0.486. The number of hydrogen-bond acceptors (Lipinski definition) is 5. The Hall–Kier alpha value is -1.69. The molecule has 20 heavy (non-hydrogen) atoms. The van der Waals surface area contributed by atoms with Crippen LogP contribution in [-0.2, 0) is 11.2 Å². The summed E-state index contributed by atoms with van der Waals surface area (Å²) >= 11 is 1.29. The van der Waals surface area contributed by atoms with Crippen molar-refractivity contribution < 1.29 is 14.3 Å². The van der Waals surface area contributed by atoms with Crippen molar-refractivity contribution in [1.29, 1.82) is 0 Å². The normalized spacial score (nSPS) is 14.4. The summed E-state index contributed by atoms with van der Waals surface area (Å²) in [4.78, 5) is 30.9. The van der Waals surface area contributed by atoms with Crippen LogP contribution in [0.2, 0.25) is 0 Å². The van der Waals surface area contributed by atoms with Gasteiger partial charge in [-0.3, -0.25) is 4.79 Å². The third kappa shape index (κ3) is 2.90. The fourth-order valence-electron chi connectivity index (χ4n) is 2.13. The van der Waals surface area contributed by atoms with Gasteiger partial charge in [-0.25, -0.2) is 9.79 Å². The van der Waals surface area contributed by atoms with Gasteiger partial charge >= 0.3 is 5.97 Å². The summed E-state index contributed by atoms with van der Waals surface area (Å²) in [6, 6.07) is 0. The van der Waals surface area contributed by atoms with Crippen LogP contribution in [0, 0.1) is 0 Å². The van der Waals surface area contributed by atoms with Crippen molar-refractivity contribution in [2.75, 3.05) is 20.7 Å². The number of fused-ring (bicyclic) bond motifs is 1. The summed E-state index contributed by atoms with van der Waals surface area (Å²) in [5.74, 6) is -0.279. The number of ketones is 1. The summed E-state index contributed by atoms with van der Waals surface area (Å²) in [6.07, 6.45) is 3.70. The first-order chi connectivity index (χ1) is 9.54. The molecule has 1 heterocycles. The highest BCUT2D eigenvalue weighted by Crippen LogP contribution is 2.40. The molecule has 0 aromatic carbocycles. The van der Waals surface area contributed by atoms with E-state index >= 15 is 0 Å². The molecule has 0 amide bonds. The second-order valence-corrected chi connectivity index (χ2v) is 5.79. The Kier molecular flexibility index (Phi) is 4.54. The fourth-order valence-corrected chi connectivity index (χ4v) is 3.27. The number of rotatable bonds is 4. The number of Topliss-reactive ketones (excluding diaryl/α,β-unsaturated/α-hetero) is 1. The molecule has 1 aromatic heterocycles. The second-order valence-electron chi connectivity index (χ2n) is 4.80. The number of hydrogen-bond donors (Lipinski definition) is 0. The maximum Gasteiger partial charge on any atom is 0.341 e. The van der Waals surface area contributed by atoms with Crippen LogP contribution in [0.3, 0.4) is 0 Å². The standard InChI is InChI=1S/C14H18N2O3S/c1-4-19-14(18)11-9-6-5-7-10(17)12(9)20-13(11)15-8-16(2)3/h8H,4-7H2,1-3H3/b15-8+. The first kappa shape index (κ1) is 14.7. The SMILES string of the molecule is CCOC(=O)c1c(/N=C/N(C)C)sc2c1CCCC2=O. The molecule has 2 rings (SSSR count). The van der Waals surface area contributed by atoms with E-state index in [1.165, 1.54) is 11.3 Å². The lowest BCUT2D eigenvalue weighted by molar-refractivity contribution is 0.0526. The molecule has 0 saturated carbocycles. The Labute approximate surface area is 122 Å². The Morgan fingerprint density at radius 2 is 2.20 bits per heavy atom. The monoisotopic (exact) mass is 294 g/mol. The van der Waals surface area contributed by atoms with Crippen LogP contribution in [0.4, 0.5) is 5.00 Å². The van der Waals surface area contributed by atoms with Crippen LogP contribution in [0.25, 0.3) is 0 Å². The number of aliphatic imine (C=N–C) groups is 1. The fraction of sp³-hybridized carbons (Fsp3) is 0.500. The van der Waals surface area contributed by atoms with E-state index in [0.29, 0.717) is 28.5 Å². The van der Waals surface area contributed by atoms with E-state index in [1.54, 1.807) is 18.2 Å². The van der Waals surface area contributed by atoms with Crippen molar-refractivity contribution >= 4 is 34.4 Å². The number of carbonyl (C=O) groups is 2. The number of ether oxygens (including phenoxy) is 1. The van der Waals surface area contributed by atoms with Crippen molar-refractivity contribution in [2.24, 2.45) is 4.99 Å². The van der Waals surface area contributed by atoms with Gasteiger partial charge < -0.3 is 9.64 Å². The number of thiophene rings is 1. The van der Waals surface area contributed by atoms with Crippen LogP contribution >= 0.6 is 11.3 Å². The molecule has 5 nitrogen and oxygen atoms in total. The van der Waals surface area contributed by atoms with E-state index in [0.717, 1.165) is 18.4 Å². The van der Waals surface area contributed by atoms with Crippen molar-refractivity contribution in [3.8, 4) is 0 Å². The van der Waals surface area contributed by atoms with E-state index in [4.69, 9.17) is 4.74 Å². The highest BCUT2D eigenvalue weighted by atomic mass is 32.1. The summed E-state index contributed by atoms with van der Waals surface area (Å²) in [6.45, 7) is 2.08. The molecular weight excluding hydrogens is 276 g/mol.